The molecule has 11 N–H and O–H groups in total. The number of aliphatic hydroxyl groups excluding tert-OH is 5. The van der Waals surface area contributed by atoms with E-state index in [0.29, 0.717) is 12.0 Å². The van der Waals surface area contributed by atoms with Crippen molar-refractivity contribution >= 4 is 61.9 Å². The van der Waals surface area contributed by atoms with Crippen LogP contribution in [0.25, 0.3) is 11.2 Å². The monoisotopic (exact) mass is 815 g/mol. The lowest BCUT2D eigenvalue weighted by molar-refractivity contribution is -0.106. The number of rotatable bonds is 14. The predicted molar refractivity (Wildman–Crippen MR) is 185 cm³/mol. The third-order valence-corrected chi connectivity index (χ3v) is 11.4. The summed E-state index contributed by atoms with van der Waals surface area (Å²) in [5.74, 6) is -0.217. The average molecular weight is 816 g/mol. The van der Waals surface area contributed by atoms with Crippen LogP contribution in [0.3, 0.4) is 0 Å². The molecule has 55 heavy (non-hydrogen) atoms. The number of hydrogen-bond donors (Lipinski definition) is 10. The predicted octanol–water partition coefficient (Wildman–Crippen LogP) is -2.20. The molecule has 0 bridgehead atoms. The number of H-pyrrole nitrogens is 2. The summed E-state index contributed by atoms with van der Waals surface area (Å²) in [6.07, 6.45) is -9.78. The lowest BCUT2D eigenvalue weighted by Crippen LogP contribution is -2.47. The van der Waals surface area contributed by atoms with Gasteiger partial charge in [0, 0.05) is 0 Å². The number of nitrogens with one attached hydrogen (secondary N) is 2. The number of aliphatic hydroxyl groups is 5. The van der Waals surface area contributed by atoms with Crippen LogP contribution in [-0.4, -0.2) is 128 Å². The molecule has 1 aromatic carbocycles. The van der Waals surface area contributed by atoms with Gasteiger partial charge in [0.15, 0.2) is 23.4 Å². The molecule has 2 unspecified atom stereocenters. The molecule has 9 atom stereocenters. The molecule has 25 nitrogen and oxygen atoms in total. The molecule has 27 heteroatoms. The molecular weight excluding hydrogens is 780 g/mol. The normalized spacial score (nSPS) is 23.4. The first-order valence-corrected chi connectivity index (χ1v) is 19.0. The smallest absolute Gasteiger partial charge is 0.388 e. The van der Waals surface area contributed by atoms with E-state index in [9.17, 15) is 58.8 Å². The Morgan fingerprint density at radius 3 is 2.35 bits per heavy atom. The van der Waals surface area contributed by atoms with E-state index in [0.717, 1.165) is 16.8 Å². The van der Waals surface area contributed by atoms with Gasteiger partial charge in [-0.25, -0.2) is 28.9 Å². The van der Waals surface area contributed by atoms with Gasteiger partial charge in [-0.2, -0.15) is 4.31 Å². The summed E-state index contributed by atoms with van der Waals surface area (Å²) in [6.45, 7) is 0.602. The summed E-state index contributed by atoms with van der Waals surface area (Å²) in [5, 5.41) is 53.3. The van der Waals surface area contributed by atoms with Gasteiger partial charge in [0.1, 0.15) is 54.3 Å². The number of nitrogen functional groups attached to an aromatic ring is 1. The van der Waals surface area contributed by atoms with Gasteiger partial charge in [-0.15, -0.1) is 0 Å². The summed E-state index contributed by atoms with van der Waals surface area (Å²) in [4.78, 5) is 75.8. The van der Waals surface area contributed by atoms with Crippen LogP contribution in [0.15, 0.2) is 34.4 Å². The van der Waals surface area contributed by atoms with Crippen molar-refractivity contribution in [3.63, 3.8) is 0 Å². The number of phosphoric acid groups is 2. The van der Waals surface area contributed by atoms with Gasteiger partial charge >= 0.3 is 21.3 Å². The quantitative estimate of drug-likeness (QED) is 0.0477. The summed E-state index contributed by atoms with van der Waals surface area (Å²) in [6, 6.07) is 3.16. The van der Waals surface area contributed by atoms with E-state index in [4.69, 9.17) is 15.0 Å². The highest BCUT2D eigenvalue weighted by Gasteiger charge is 2.46. The number of aromatic amines is 2. The molecule has 1 amide bonds. The van der Waals surface area contributed by atoms with Gasteiger partial charge < -0.3 is 50.7 Å². The standard InChI is InChI=1S/C28H35N9O16P2/c1-11-3-13-14(4-12(11)2)37(10-38)19-25(33-28(45)34-26(19)44)35(13)5-15(39)20(41)16(40)6-50-54(46,47)53-55(48,49)51-7-17-21(42)22(43)27(52-17)36-9-32-18-23(29)30-8-31-24(18)36/h3-4,8-10,15-17,20-22,27,39-43H,5-7H2,1-2H3,(H,46,47)(H,48,49)(H2,29,30,31)(H2,33,34,44,45)/t15-,16+,17+,20-,21+,22+,27+/m0/s1. The second-order valence-electron chi connectivity index (χ2n) is 12.5. The van der Waals surface area contributed by atoms with Crippen molar-refractivity contribution in [1.82, 2.24) is 29.5 Å². The van der Waals surface area contributed by atoms with Crippen LogP contribution in [0.5, 0.6) is 0 Å². The van der Waals surface area contributed by atoms with Gasteiger partial charge in [-0.05, 0) is 37.1 Å². The maximum atomic E-state index is 12.8. The number of amides is 1. The van der Waals surface area contributed by atoms with Crippen LogP contribution in [0.1, 0.15) is 17.4 Å². The van der Waals surface area contributed by atoms with Gasteiger partial charge in [0.2, 0.25) is 6.41 Å². The highest BCUT2D eigenvalue weighted by molar-refractivity contribution is 7.61. The molecule has 0 radical (unpaired) electrons. The van der Waals surface area contributed by atoms with E-state index in [1.165, 1.54) is 15.8 Å². The zero-order chi connectivity index (χ0) is 40.1. The highest BCUT2D eigenvalue weighted by atomic mass is 31.3. The fourth-order valence-corrected chi connectivity index (χ4v) is 8.04. The van der Waals surface area contributed by atoms with Gasteiger partial charge in [-0.3, -0.25) is 38.1 Å². The summed E-state index contributed by atoms with van der Waals surface area (Å²) >= 11 is 0. The van der Waals surface area contributed by atoms with E-state index in [1.54, 1.807) is 26.0 Å². The van der Waals surface area contributed by atoms with Crippen molar-refractivity contribution in [2.75, 3.05) is 35.3 Å². The molecule has 4 aromatic rings. The SMILES string of the molecule is Cc1cc2c(cc1C)N(C[C@H](O)[C@H](O)[C@H](O)COP(=O)(O)OP(=O)(O)OC[C@H]1O[C@@H](n3cnc4c(N)ncnc43)[C@H](O)[C@@H]1O)c1[nH]c(=O)[nH]c(=O)c1N2C=O. The highest BCUT2D eigenvalue weighted by Crippen LogP contribution is 2.60. The Hall–Kier alpha value is -4.46. The Kier molecular flexibility index (Phi) is 11.1. The second kappa shape index (κ2) is 15.2. The molecule has 1 saturated heterocycles. The number of hydrogen-bond acceptors (Lipinski definition) is 19. The molecule has 0 aliphatic carbocycles. The number of nitrogens with two attached hydrogens (primary N) is 1. The van der Waals surface area contributed by atoms with Crippen LogP contribution in [-0.2, 0) is 32.0 Å². The largest absolute Gasteiger partial charge is 0.481 e. The van der Waals surface area contributed by atoms with Crippen LogP contribution in [0.4, 0.5) is 28.7 Å². The number of ether oxygens (including phenoxy) is 1. The summed E-state index contributed by atoms with van der Waals surface area (Å²) in [5.41, 5.74) is 5.64. The second-order valence-corrected chi connectivity index (χ2v) is 15.5. The molecule has 2 aliphatic rings. The first-order chi connectivity index (χ1) is 25.8. The van der Waals surface area contributed by atoms with E-state index < -0.39 is 89.5 Å². The lowest BCUT2D eigenvalue weighted by Gasteiger charge is -2.38. The minimum absolute atomic E-state index is 0.0226. The molecule has 298 valence electrons. The number of β-amino-alcohol motifs (C(OH)–C–C–N with tert-alkyl or cyclic N) is 1. The Morgan fingerprint density at radius 2 is 1.65 bits per heavy atom. The van der Waals surface area contributed by atoms with E-state index in [2.05, 4.69) is 28.8 Å². The number of benzene rings is 1. The van der Waals surface area contributed by atoms with Gasteiger partial charge in [0.25, 0.3) is 5.56 Å². The number of fused-ring (bicyclic) bond motifs is 3. The fourth-order valence-electron chi connectivity index (χ4n) is 5.94. The third-order valence-electron chi connectivity index (χ3n) is 8.83. The van der Waals surface area contributed by atoms with Gasteiger partial charge in [-0.1, -0.05) is 0 Å². The molecule has 1 fully saturated rings. The number of aryl methyl sites for hydroxylation is 2. The van der Waals surface area contributed by atoms with Crippen LogP contribution >= 0.6 is 15.6 Å². The number of aromatic nitrogens is 6. The topological polar surface area (TPSA) is 372 Å². The van der Waals surface area contributed by atoms with Crippen LogP contribution in [0.2, 0.25) is 0 Å². The minimum Gasteiger partial charge on any atom is -0.388 e. The maximum absolute atomic E-state index is 12.8. The number of carbonyl (C=O) groups is 1. The minimum atomic E-state index is -5.57. The fraction of sp³-hybridized carbons (Fsp3) is 0.429. The Bertz CT molecular complexity index is 2320. The Balaban J connectivity index is 1.07. The van der Waals surface area contributed by atoms with Crippen molar-refractivity contribution in [1.29, 1.82) is 0 Å². The Labute approximate surface area is 307 Å². The van der Waals surface area contributed by atoms with Crippen molar-refractivity contribution < 1.29 is 67.3 Å². The van der Waals surface area contributed by atoms with Crippen LogP contribution in [0, 0.1) is 13.8 Å². The number of anilines is 5. The maximum Gasteiger partial charge on any atom is 0.481 e. The zero-order valence-corrected chi connectivity index (χ0v) is 30.3. The number of phosphoric ester groups is 2. The van der Waals surface area contributed by atoms with Crippen molar-refractivity contribution in [2.24, 2.45) is 0 Å². The molecular formula is C28H35N9O16P2. The molecule has 3 aromatic heterocycles. The van der Waals surface area contributed by atoms with Crippen molar-refractivity contribution in [3.8, 4) is 0 Å². The first kappa shape index (κ1) is 40.2. The summed E-state index contributed by atoms with van der Waals surface area (Å²) in [7, 11) is -11.1. The van der Waals surface area contributed by atoms with E-state index in [-0.39, 0.29) is 39.9 Å². The molecule has 2 aliphatic heterocycles. The third kappa shape index (κ3) is 7.97. The van der Waals surface area contributed by atoms with Gasteiger partial charge in [0.05, 0.1) is 37.5 Å². The first-order valence-electron chi connectivity index (χ1n) is 16.0. The molecule has 0 spiro atoms. The Morgan fingerprint density at radius 1 is 0.982 bits per heavy atom. The number of carbonyl (C=O) groups excluding carboxylic acids is 1. The van der Waals surface area contributed by atoms with E-state index in [1.807, 2.05) is 4.98 Å². The molecule has 0 saturated carbocycles. The van der Waals surface area contributed by atoms with E-state index >= 15 is 0 Å². The zero-order valence-electron chi connectivity index (χ0n) is 28.5. The number of imidazole rings is 1. The molecule has 5 heterocycles. The number of nitrogens with zero attached hydrogens (tertiary/aromatic N) is 6. The summed E-state index contributed by atoms with van der Waals surface area (Å²) < 4.78 is 45.4. The van der Waals surface area contributed by atoms with Crippen molar-refractivity contribution in [3.05, 3.63) is 56.8 Å². The average Bonchev–Trinajstić information content (AvgIpc) is 3.67. The lowest BCUT2D eigenvalue weighted by atomic mass is 10.0. The van der Waals surface area contributed by atoms with Crippen LogP contribution < -0.4 is 26.8 Å². The van der Waals surface area contributed by atoms with Crippen molar-refractivity contribution in [2.45, 2.75) is 56.7 Å². The molecule has 6 rings (SSSR count).